The van der Waals surface area contributed by atoms with Crippen LogP contribution in [0, 0.1) is 5.92 Å². The van der Waals surface area contributed by atoms with Gasteiger partial charge in [0.15, 0.2) is 0 Å². The lowest BCUT2D eigenvalue weighted by molar-refractivity contribution is 0.152. The van der Waals surface area contributed by atoms with E-state index in [4.69, 9.17) is 5.11 Å². The van der Waals surface area contributed by atoms with Crippen molar-refractivity contribution in [3.8, 4) is 0 Å². The van der Waals surface area contributed by atoms with Crippen molar-refractivity contribution in [2.45, 2.75) is 32.9 Å². The van der Waals surface area contributed by atoms with Gasteiger partial charge in [0.1, 0.15) is 0 Å². The van der Waals surface area contributed by atoms with Crippen LogP contribution in [0.25, 0.3) is 0 Å². The van der Waals surface area contributed by atoms with E-state index in [-0.39, 0.29) is 24.7 Å². The van der Waals surface area contributed by atoms with Crippen molar-refractivity contribution in [3.05, 3.63) is 35.9 Å². The number of nitrogens with zero attached hydrogens (tertiary/aromatic N) is 1. The molecule has 0 saturated carbocycles. The second kappa shape index (κ2) is 7.14. The topological polar surface area (TPSA) is 52.6 Å². The number of urea groups is 1. The van der Waals surface area contributed by atoms with Gasteiger partial charge in [-0.3, -0.25) is 0 Å². The van der Waals surface area contributed by atoms with Gasteiger partial charge in [-0.25, -0.2) is 4.79 Å². The summed E-state index contributed by atoms with van der Waals surface area (Å²) in [6, 6.07) is 9.55. The summed E-state index contributed by atoms with van der Waals surface area (Å²) in [5, 5.41) is 12.1. The van der Waals surface area contributed by atoms with Gasteiger partial charge in [-0.1, -0.05) is 44.2 Å². The minimum Gasteiger partial charge on any atom is -0.394 e. The van der Waals surface area contributed by atoms with Crippen molar-refractivity contribution >= 4 is 6.03 Å². The smallest absolute Gasteiger partial charge is 0.317 e. The van der Waals surface area contributed by atoms with E-state index in [1.54, 1.807) is 7.05 Å². The minimum atomic E-state index is -0.191. The Hall–Kier alpha value is -1.55. The van der Waals surface area contributed by atoms with Crippen LogP contribution in [0.15, 0.2) is 30.3 Å². The molecule has 0 radical (unpaired) electrons. The maximum atomic E-state index is 12.1. The van der Waals surface area contributed by atoms with Crippen LogP contribution in [0.2, 0.25) is 0 Å². The van der Waals surface area contributed by atoms with Gasteiger partial charge in [0.2, 0.25) is 0 Å². The first-order chi connectivity index (χ1) is 8.97. The molecule has 2 unspecified atom stereocenters. The number of carbonyl (C=O) groups is 1. The first kappa shape index (κ1) is 15.5. The minimum absolute atomic E-state index is 0.0259. The average molecular weight is 264 g/mol. The van der Waals surface area contributed by atoms with Crippen LogP contribution in [0.1, 0.15) is 32.4 Å². The molecule has 2 N–H and O–H groups in total. The number of aliphatic hydroxyl groups excluding tert-OH is 1. The highest BCUT2D eigenvalue weighted by molar-refractivity contribution is 5.74. The standard InChI is InChI=1S/C15H24N2O2/c1-11(2)14(13-8-6-5-7-9-13)16-15(19)17(4)12(3)10-18/h5-9,11-12,14,18H,10H2,1-4H3,(H,16,19). The molecule has 0 aliphatic rings. The van der Waals surface area contributed by atoms with Crippen molar-refractivity contribution < 1.29 is 9.90 Å². The lowest BCUT2D eigenvalue weighted by Crippen LogP contribution is -2.45. The summed E-state index contributed by atoms with van der Waals surface area (Å²) in [5.41, 5.74) is 1.09. The van der Waals surface area contributed by atoms with Gasteiger partial charge in [-0.2, -0.15) is 0 Å². The van der Waals surface area contributed by atoms with Crippen LogP contribution in [-0.4, -0.2) is 35.7 Å². The second-order valence-corrected chi connectivity index (χ2v) is 5.22. The number of rotatable bonds is 5. The van der Waals surface area contributed by atoms with E-state index in [0.717, 1.165) is 5.56 Å². The summed E-state index contributed by atoms with van der Waals surface area (Å²) in [6.45, 7) is 5.93. The Morgan fingerprint density at radius 3 is 2.32 bits per heavy atom. The zero-order valence-electron chi connectivity index (χ0n) is 12.1. The second-order valence-electron chi connectivity index (χ2n) is 5.22. The number of hydrogen-bond acceptors (Lipinski definition) is 2. The monoisotopic (exact) mass is 264 g/mol. The number of aliphatic hydroxyl groups is 1. The Kier molecular flexibility index (Phi) is 5.83. The SMILES string of the molecule is CC(C)C(NC(=O)N(C)C(C)CO)c1ccccc1. The first-order valence-corrected chi connectivity index (χ1v) is 6.66. The van der Waals surface area contributed by atoms with Crippen molar-refractivity contribution in [2.24, 2.45) is 5.92 Å². The molecular formula is C15H24N2O2. The number of amides is 2. The fourth-order valence-electron chi connectivity index (χ4n) is 1.85. The highest BCUT2D eigenvalue weighted by Gasteiger charge is 2.21. The van der Waals surface area contributed by atoms with E-state index in [1.807, 2.05) is 37.3 Å². The maximum absolute atomic E-state index is 12.1. The molecule has 0 bridgehead atoms. The van der Waals surface area contributed by atoms with Crippen LogP contribution in [0.3, 0.4) is 0 Å². The fourth-order valence-corrected chi connectivity index (χ4v) is 1.85. The third-order valence-electron chi connectivity index (χ3n) is 3.35. The molecule has 0 aliphatic carbocycles. The third kappa shape index (κ3) is 4.24. The zero-order chi connectivity index (χ0) is 14.4. The molecule has 1 rings (SSSR count). The van der Waals surface area contributed by atoms with Crippen LogP contribution in [-0.2, 0) is 0 Å². The predicted octanol–water partition coefficient (Wildman–Crippen LogP) is 2.41. The van der Waals surface area contributed by atoms with E-state index < -0.39 is 0 Å². The molecule has 0 fully saturated rings. The molecule has 0 aromatic heterocycles. The van der Waals surface area contributed by atoms with Gasteiger partial charge in [0, 0.05) is 7.05 Å². The Morgan fingerprint density at radius 2 is 1.84 bits per heavy atom. The molecule has 1 aromatic carbocycles. The highest BCUT2D eigenvalue weighted by Crippen LogP contribution is 2.21. The van der Waals surface area contributed by atoms with Crippen molar-refractivity contribution in [3.63, 3.8) is 0 Å². The third-order valence-corrected chi connectivity index (χ3v) is 3.35. The van der Waals surface area contributed by atoms with Crippen LogP contribution >= 0.6 is 0 Å². The van der Waals surface area contributed by atoms with Gasteiger partial charge in [-0.15, -0.1) is 0 Å². The molecule has 4 nitrogen and oxygen atoms in total. The summed E-state index contributed by atoms with van der Waals surface area (Å²) < 4.78 is 0. The maximum Gasteiger partial charge on any atom is 0.317 e. The summed E-state index contributed by atoms with van der Waals surface area (Å²) in [7, 11) is 1.69. The van der Waals surface area contributed by atoms with Crippen molar-refractivity contribution in [1.82, 2.24) is 10.2 Å². The summed E-state index contributed by atoms with van der Waals surface area (Å²) in [4.78, 5) is 13.7. The quantitative estimate of drug-likeness (QED) is 0.858. The van der Waals surface area contributed by atoms with E-state index in [1.165, 1.54) is 4.90 Å². The molecule has 0 saturated heterocycles. The molecule has 0 heterocycles. The van der Waals surface area contributed by atoms with Crippen molar-refractivity contribution in [2.75, 3.05) is 13.7 Å². The van der Waals surface area contributed by atoms with Gasteiger partial charge in [0.25, 0.3) is 0 Å². The summed E-state index contributed by atoms with van der Waals surface area (Å²) in [6.07, 6.45) is 0. The van der Waals surface area contributed by atoms with Crippen LogP contribution in [0.5, 0.6) is 0 Å². The number of likely N-dealkylation sites (N-methyl/N-ethyl adjacent to an activating group) is 1. The number of hydrogen-bond donors (Lipinski definition) is 2. The largest absolute Gasteiger partial charge is 0.394 e. The molecular weight excluding hydrogens is 240 g/mol. The Labute approximate surface area is 115 Å². The molecule has 2 atom stereocenters. The molecule has 2 amide bonds. The molecule has 19 heavy (non-hydrogen) atoms. The predicted molar refractivity (Wildman–Crippen MR) is 76.9 cm³/mol. The Balaban J connectivity index is 2.78. The Bertz CT molecular complexity index is 392. The zero-order valence-corrected chi connectivity index (χ0v) is 12.1. The lowest BCUT2D eigenvalue weighted by atomic mass is 9.96. The van der Waals surface area contributed by atoms with Gasteiger partial charge >= 0.3 is 6.03 Å². The Morgan fingerprint density at radius 1 is 1.26 bits per heavy atom. The number of benzene rings is 1. The lowest BCUT2D eigenvalue weighted by Gasteiger charge is -2.29. The summed E-state index contributed by atoms with van der Waals surface area (Å²) in [5.74, 6) is 0.296. The van der Waals surface area contributed by atoms with E-state index in [9.17, 15) is 4.79 Å². The number of carbonyl (C=O) groups excluding carboxylic acids is 1. The molecule has 1 aromatic rings. The molecule has 4 heteroatoms. The fraction of sp³-hybridized carbons (Fsp3) is 0.533. The van der Waals surface area contributed by atoms with Gasteiger partial charge in [-0.05, 0) is 18.4 Å². The van der Waals surface area contributed by atoms with Gasteiger partial charge < -0.3 is 15.3 Å². The molecule has 0 spiro atoms. The first-order valence-electron chi connectivity index (χ1n) is 6.66. The van der Waals surface area contributed by atoms with E-state index >= 15 is 0 Å². The molecule has 106 valence electrons. The highest BCUT2D eigenvalue weighted by atomic mass is 16.3. The average Bonchev–Trinajstić information content (AvgIpc) is 2.43. The van der Waals surface area contributed by atoms with Crippen LogP contribution < -0.4 is 5.32 Å². The van der Waals surface area contributed by atoms with Crippen LogP contribution in [0.4, 0.5) is 4.79 Å². The van der Waals surface area contributed by atoms with E-state index in [0.29, 0.717) is 5.92 Å². The summed E-state index contributed by atoms with van der Waals surface area (Å²) >= 11 is 0. The molecule has 0 aliphatic heterocycles. The van der Waals surface area contributed by atoms with Gasteiger partial charge in [0.05, 0.1) is 18.7 Å². The number of nitrogens with one attached hydrogen (secondary N) is 1. The van der Waals surface area contributed by atoms with E-state index in [2.05, 4.69) is 19.2 Å². The normalized spacial score (nSPS) is 14.0. The van der Waals surface area contributed by atoms with Crippen molar-refractivity contribution in [1.29, 1.82) is 0 Å².